The van der Waals surface area contributed by atoms with Gasteiger partial charge in [-0.05, 0) is 37.0 Å². The van der Waals surface area contributed by atoms with Crippen LogP contribution in [0.4, 0.5) is 5.69 Å². The van der Waals surface area contributed by atoms with Gasteiger partial charge >= 0.3 is 0 Å². The van der Waals surface area contributed by atoms with Crippen molar-refractivity contribution in [3.63, 3.8) is 0 Å². The Morgan fingerprint density at radius 3 is 2.88 bits per heavy atom. The molecule has 0 aliphatic heterocycles. The van der Waals surface area contributed by atoms with E-state index in [1.807, 2.05) is 12.1 Å². The van der Waals surface area contributed by atoms with Crippen molar-refractivity contribution in [3.8, 4) is 12.3 Å². The Morgan fingerprint density at radius 1 is 1.31 bits per heavy atom. The van der Waals surface area contributed by atoms with Crippen molar-refractivity contribution in [2.75, 3.05) is 5.32 Å². The molecule has 2 rings (SSSR count). The molecule has 0 bridgehead atoms. The molecule has 1 aliphatic carbocycles. The lowest BCUT2D eigenvalue weighted by molar-refractivity contribution is 0.349. The van der Waals surface area contributed by atoms with Crippen LogP contribution in [0.5, 0.6) is 0 Å². The average molecular weight is 213 g/mol. The minimum Gasteiger partial charge on any atom is -0.382 e. The second kappa shape index (κ2) is 5.07. The van der Waals surface area contributed by atoms with Crippen molar-refractivity contribution in [2.24, 2.45) is 5.92 Å². The van der Waals surface area contributed by atoms with E-state index >= 15 is 0 Å². The van der Waals surface area contributed by atoms with Crippen LogP contribution in [0.1, 0.15) is 38.2 Å². The maximum absolute atomic E-state index is 5.40. The molecule has 1 saturated carbocycles. The molecule has 1 N–H and O–H groups in total. The summed E-state index contributed by atoms with van der Waals surface area (Å²) in [5, 5.41) is 3.61. The Labute approximate surface area is 98.3 Å². The van der Waals surface area contributed by atoms with E-state index in [-0.39, 0.29) is 0 Å². The van der Waals surface area contributed by atoms with Crippen LogP contribution < -0.4 is 5.32 Å². The van der Waals surface area contributed by atoms with Gasteiger partial charge in [-0.15, -0.1) is 6.42 Å². The third-order valence-electron chi connectivity index (χ3n) is 3.49. The van der Waals surface area contributed by atoms with Gasteiger partial charge in [0.1, 0.15) is 0 Å². The van der Waals surface area contributed by atoms with E-state index in [0.29, 0.717) is 6.04 Å². The minimum atomic E-state index is 0.613. The molecular weight excluding hydrogens is 194 g/mol. The number of rotatable bonds is 2. The van der Waals surface area contributed by atoms with Crippen LogP contribution in [-0.4, -0.2) is 6.04 Å². The van der Waals surface area contributed by atoms with Crippen molar-refractivity contribution in [1.82, 2.24) is 0 Å². The summed E-state index contributed by atoms with van der Waals surface area (Å²) in [6.45, 7) is 2.34. The second-order valence-electron chi connectivity index (χ2n) is 4.74. The van der Waals surface area contributed by atoms with Gasteiger partial charge in [0, 0.05) is 17.3 Å². The van der Waals surface area contributed by atoms with Crippen LogP contribution in [0.2, 0.25) is 0 Å². The first kappa shape index (κ1) is 11.1. The number of terminal acetylenes is 1. The normalized spacial score (nSPS) is 24.8. The zero-order valence-corrected chi connectivity index (χ0v) is 9.87. The number of hydrogen-bond acceptors (Lipinski definition) is 1. The Balaban J connectivity index is 2.05. The maximum Gasteiger partial charge on any atom is 0.0354 e. The smallest absolute Gasteiger partial charge is 0.0354 e. The van der Waals surface area contributed by atoms with Crippen LogP contribution >= 0.6 is 0 Å². The lowest BCUT2D eigenvalue weighted by Crippen LogP contribution is -2.30. The van der Waals surface area contributed by atoms with Gasteiger partial charge in [0.2, 0.25) is 0 Å². The SMILES string of the molecule is C#Cc1cccc(N[C@@H]2CCCC[C@@H]2C)c1. The molecule has 0 aromatic heterocycles. The van der Waals surface area contributed by atoms with Crippen molar-refractivity contribution in [3.05, 3.63) is 29.8 Å². The highest BCUT2D eigenvalue weighted by Crippen LogP contribution is 2.26. The number of nitrogens with one attached hydrogen (secondary N) is 1. The van der Waals surface area contributed by atoms with E-state index in [0.717, 1.165) is 17.2 Å². The largest absolute Gasteiger partial charge is 0.382 e. The third-order valence-corrected chi connectivity index (χ3v) is 3.49. The topological polar surface area (TPSA) is 12.0 Å². The van der Waals surface area contributed by atoms with Gasteiger partial charge in [-0.3, -0.25) is 0 Å². The number of benzene rings is 1. The molecule has 0 amide bonds. The molecule has 0 unspecified atom stereocenters. The summed E-state index contributed by atoms with van der Waals surface area (Å²) < 4.78 is 0. The van der Waals surface area contributed by atoms with Gasteiger partial charge in [-0.25, -0.2) is 0 Å². The van der Waals surface area contributed by atoms with Crippen LogP contribution in [0, 0.1) is 18.3 Å². The molecule has 16 heavy (non-hydrogen) atoms. The van der Waals surface area contributed by atoms with E-state index in [1.165, 1.54) is 25.7 Å². The highest BCUT2D eigenvalue weighted by atomic mass is 14.9. The van der Waals surface area contributed by atoms with Crippen LogP contribution in [0.15, 0.2) is 24.3 Å². The predicted octanol–water partition coefficient (Wildman–Crippen LogP) is 3.66. The Kier molecular flexibility index (Phi) is 3.51. The minimum absolute atomic E-state index is 0.613. The van der Waals surface area contributed by atoms with E-state index < -0.39 is 0 Å². The van der Waals surface area contributed by atoms with Gasteiger partial charge in [0.15, 0.2) is 0 Å². The maximum atomic E-state index is 5.40. The molecule has 0 spiro atoms. The lowest BCUT2D eigenvalue weighted by atomic mass is 9.86. The average Bonchev–Trinajstić information content (AvgIpc) is 2.32. The first-order valence-corrected chi connectivity index (χ1v) is 6.13. The summed E-state index contributed by atoms with van der Waals surface area (Å²) in [7, 11) is 0. The van der Waals surface area contributed by atoms with E-state index in [4.69, 9.17) is 6.42 Å². The van der Waals surface area contributed by atoms with E-state index in [2.05, 4.69) is 30.3 Å². The molecule has 84 valence electrons. The standard InChI is InChI=1S/C15H19N/c1-3-13-8-6-9-14(11-13)16-15-10-5-4-7-12(15)2/h1,6,8-9,11-12,15-16H,4-5,7,10H2,2H3/t12-,15+/m0/s1. The predicted molar refractivity (Wildman–Crippen MR) is 69.4 cm³/mol. The molecule has 0 saturated heterocycles. The zero-order valence-electron chi connectivity index (χ0n) is 9.87. The molecule has 1 fully saturated rings. The molecule has 1 aliphatic rings. The van der Waals surface area contributed by atoms with Gasteiger partial charge in [0.05, 0.1) is 0 Å². The Morgan fingerprint density at radius 2 is 2.12 bits per heavy atom. The fraction of sp³-hybridized carbons (Fsp3) is 0.467. The van der Waals surface area contributed by atoms with Crippen LogP contribution in [0.25, 0.3) is 0 Å². The molecule has 1 aromatic carbocycles. The molecule has 0 heterocycles. The monoisotopic (exact) mass is 213 g/mol. The zero-order chi connectivity index (χ0) is 11.4. The summed E-state index contributed by atoms with van der Waals surface area (Å²) in [5.41, 5.74) is 2.11. The van der Waals surface area contributed by atoms with Gasteiger partial charge in [-0.1, -0.05) is 31.8 Å². The van der Waals surface area contributed by atoms with Crippen molar-refractivity contribution >= 4 is 5.69 Å². The second-order valence-corrected chi connectivity index (χ2v) is 4.74. The number of hydrogen-bond donors (Lipinski definition) is 1. The van der Waals surface area contributed by atoms with Crippen LogP contribution in [0.3, 0.4) is 0 Å². The molecule has 2 atom stereocenters. The fourth-order valence-corrected chi connectivity index (χ4v) is 2.44. The summed E-state index contributed by atoms with van der Waals surface area (Å²) in [4.78, 5) is 0. The van der Waals surface area contributed by atoms with Crippen molar-refractivity contribution in [1.29, 1.82) is 0 Å². The first-order valence-electron chi connectivity index (χ1n) is 6.13. The van der Waals surface area contributed by atoms with E-state index in [1.54, 1.807) is 0 Å². The molecular formula is C15H19N. The van der Waals surface area contributed by atoms with Crippen molar-refractivity contribution in [2.45, 2.75) is 38.6 Å². The summed E-state index contributed by atoms with van der Waals surface area (Å²) >= 11 is 0. The number of anilines is 1. The quantitative estimate of drug-likeness (QED) is 0.739. The molecule has 1 heteroatoms. The molecule has 1 nitrogen and oxygen atoms in total. The van der Waals surface area contributed by atoms with E-state index in [9.17, 15) is 0 Å². The van der Waals surface area contributed by atoms with Gasteiger partial charge in [0.25, 0.3) is 0 Å². The molecule has 1 aromatic rings. The van der Waals surface area contributed by atoms with Crippen LogP contribution in [-0.2, 0) is 0 Å². The lowest BCUT2D eigenvalue weighted by Gasteiger charge is -2.30. The summed E-state index contributed by atoms with van der Waals surface area (Å²) in [6, 6.07) is 8.76. The third kappa shape index (κ3) is 2.58. The summed E-state index contributed by atoms with van der Waals surface area (Å²) in [6.07, 6.45) is 10.7. The Hall–Kier alpha value is -1.42. The van der Waals surface area contributed by atoms with Gasteiger partial charge in [-0.2, -0.15) is 0 Å². The first-order chi connectivity index (χ1) is 7.79. The fourth-order valence-electron chi connectivity index (χ4n) is 2.44. The van der Waals surface area contributed by atoms with Gasteiger partial charge < -0.3 is 5.32 Å². The summed E-state index contributed by atoms with van der Waals surface area (Å²) in [5.74, 6) is 3.44. The van der Waals surface area contributed by atoms with Crippen molar-refractivity contribution < 1.29 is 0 Å². The highest BCUT2D eigenvalue weighted by Gasteiger charge is 2.20. The Bertz CT molecular complexity index is 389. The molecule has 0 radical (unpaired) electrons. The highest BCUT2D eigenvalue weighted by molar-refractivity contribution is 5.50.